The summed E-state index contributed by atoms with van der Waals surface area (Å²) in [5.74, 6) is -1.91. The molecule has 0 saturated heterocycles. The molecule has 670 valence electrons. The Morgan fingerprint density at radius 2 is 0.443 bits per heavy atom. The van der Waals surface area contributed by atoms with Crippen LogP contribution < -0.4 is 14.7 Å². The predicted octanol–water partition coefficient (Wildman–Crippen LogP) is 30.9. The van der Waals surface area contributed by atoms with E-state index >= 15 is 0 Å². The number of carbonyl (C=O) groups excluding carboxylic acids is 6. The highest BCUT2D eigenvalue weighted by Gasteiger charge is 2.44. The van der Waals surface area contributed by atoms with Gasteiger partial charge in [-0.1, -0.05) is 344 Å². The lowest BCUT2D eigenvalue weighted by Gasteiger charge is -2.18. The number of hydrogen-bond acceptors (Lipinski definition) is 6. The summed E-state index contributed by atoms with van der Waals surface area (Å²) in [6, 6.07) is 138. The van der Waals surface area contributed by atoms with Gasteiger partial charge in [0, 0.05) is 49.0 Å². The zero-order valence-electron chi connectivity index (χ0n) is 78.4. The fourth-order valence-corrected chi connectivity index (χ4v) is 21.6. The second kappa shape index (κ2) is 34.7. The molecule has 0 bridgehead atoms. The first-order chi connectivity index (χ1) is 68.3. The van der Waals surface area contributed by atoms with Gasteiger partial charge in [0.1, 0.15) is 0 Å². The molecule has 3 aliphatic heterocycles. The SMILES string of the molecule is Cc1ccc(-c2ccc3c4ccccc4n(-c4cccc5c4C(=O)N(c4cccc(-c6ccccc6)c4)C5=O)c3c2)c(C)c1.Cc1ccc(-c2cccc3c4cccc(-c5ccc(C)cc5C)c4n(-c4cccc5c4C(=O)N(c4cccc(-c6ccccc6)c4)C5=O)c23)c(C)c1.Cc1ccc(-c2cccc3c4ccccc4n(-c4cccc5c4C(=O)N(c4cccc(-c6ccccc6)c4)C5=O)c23)c(C)c1. The van der Waals surface area contributed by atoms with Crippen LogP contribution >= 0.6 is 0 Å². The van der Waals surface area contributed by atoms with Crippen molar-refractivity contribution in [2.24, 2.45) is 0 Å². The molecule has 0 unspecified atom stereocenters. The lowest BCUT2D eigenvalue weighted by Crippen LogP contribution is -2.29. The Hall–Kier alpha value is -18.0. The number of fused-ring (bicyclic) bond motifs is 12. The van der Waals surface area contributed by atoms with Crippen molar-refractivity contribution in [1.82, 2.24) is 13.7 Å². The van der Waals surface area contributed by atoms with Crippen molar-refractivity contribution in [3.63, 3.8) is 0 Å². The molecule has 22 aromatic rings. The third-order valence-electron chi connectivity index (χ3n) is 27.9. The maximum absolute atomic E-state index is 14.8. The van der Waals surface area contributed by atoms with Gasteiger partial charge >= 0.3 is 0 Å². The molecule has 6 heterocycles. The van der Waals surface area contributed by atoms with Crippen LogP contribution in [0.1, 0.15) is 107 Å². The molecule has 12 nitrogen and oxygen atoms in total. The van der Waals surface area contributed by atoms with E-state index < -0.39 is 0 Å². The van der Waals surface area contributed by atoms with E-state index in [1.54, 1.807) is 18.2 Å². The lowest BCUT2D eigenvalue weighted by molar-refractivity contribution is 0.0910. The van der Waals surface area contributed by atoms with E-state index in [2.05, 4.69) is 239 Å². The van der Waals surface area contributed by atoms with Crippen molar-refractivity contribution < 1.29 is 28.8 Å². The van der Waals surface area contributed by atoms with Crippen molar-refractivity contribution in [2.75, 3.05) is 14.7 Å². The van der Waals surface area contributed by atoms with Crippen molar-refractivity contribution in [3.05, 3.63) is 490 Å². The van der Waals surface area contributed by atoms with Crippen LogP contribution in [0.5, 0.6) is 0 Å². The molecule has 0 saturated carbocycles. The van der Waals surface area contributed by atoms with E-state index in [0.29, 0.717) is 67.5 Å². The standard InChI is InChI=1S/C48H36N2O2.2C40H28N2O2/c1-29-22-24-36(31(3)26-29)38-16-9-18-40-41-19-10-17-39(37-25-23-30(2)27-32(37)4)46(41)50(45(38)40)43-21-11-20-42-44(43)48(52)49(47(42)51)35-15-8-14-34(28-35)33-12-6-5-7-13-33;1-25-21-22-30(26(2)23-25)32-16-9-17-33-31-15-6-7-19-35(31)42(38(32)33)36-20-10-18-34-37(36)40(44)41(39(34)43)29-14-8-13-28(24-29)27-11-4-3-5-12-27;1-25-18-20-31(26(2)22-25)29-19-21-33-32-14-6-7-16-35(32)42(37(33)24-29)36-17-9-15-34-38(36)40(44)41(39(34)43)30-13-8-12-28(23-30)27-10-4-3-5-11-27/h5-28H,1-4H3;2*3-24H,1-2H3. The molecule has 0 N–H and O–H groups in total. The molecule has 12 heteroatoms. The number of rotatable bonds is 13. The second-order valence-electron chi connectivity index (χ2n) is 36.8. The van der Waals surface area contributed by atoms with E-state index in [-0.39, 0.29) is 35.4 Å². The highest BCUT2D eigenvalue weighted by Crippen LogP contribution is 2.49. The number of nitrogens with zero attached hydrogens (tertiary/aromatic N) is 6. The van der Waals surface area contributed by atoms with Crippen molar-refractivity contribution in [3.8, 4) is 95.0 Å². The fourth-order valence-electron chi connectivity index (χ4n) is 21.6. The van der Waals surface area contributed by atoms with Gasteiger partial charge in [0.2, 0.25) is 0 Å². The smallest absolute Gasteiger partial charge is 0.268 e. The average molecular weight is 1810 g/mol. The summed E-state index contributed by atoms with van der Waals surface area (Å²) < 4.78 is 6.57. The highest BCUT2D eigenvalue weighted by atomic mass is 16.2. The molecule has 0 spiro atoms. The first kappa shape index (κ1) is 86.1. The van der Waals surface area contributed by atoms with Crippen LogP contribution in [0.3, 0.4) is 0 Å². The van der Waals surface area contributed by atoms with Crippen LogP contribution in [0.4, 0.5) is 17.1 Å². The number of imide groups is 3. The molecule has 19 aromatic carbocycles. The fraction of sp³-hybridized carbons (Fsp3) is 0.0625. The van der Waals surface area contributed by atoms with Gasteiger partial charge in [-0.3, -0.25) is 28.8 Å². The molecule has 25 rings (SSSR count). The van der Waals surface area contributed by atoms with Crippen LogP contribution in [-0.2, 0) is 0 Å². The molecular weight excluding hydrogens is 1720 g/mol. The minimum absolute atomic E-state index is 0.311. The zero-order chi connectivity index (χ0) is 95.6. The van der Waals surface area contributed by atoms with Crippen LogP contribution in [0, 0.1) is 55.4 Å². The Balaban J connectivity index is 0.000000118. The second-order valence-corrected chi connectivity index (χ2v) is 36.8. The first-order valence-corrected chi connectivity index (χ1v) is 47.3. The molecular formula is C128H92N6O6. The molecule has 0 radical (unpaired) electrons. The molecule has 3 aromatic heterocycles. The molecule has 140 heavy (non-hydrogen) atoms. The summed E-state index contributed by atoms with van der Waals surface area (Å²) >= 11 is 0. The zero-order valence-corrected chi connectivity index (χ0v) is 78.4. The highest BCUT2D eigenvalue weighted by molar-refractivity contribution is 6.38. The number of aryl methyl sites for hydroxylation is 8. The first-order valence-electron chi connectivity index (χ1n) is 47.3. The van der Waals surface area contributed by atoms with Crippen LogP contribution in [-0.4, -0.2) is 49.1 Å². The monoisotopic (exact) mass is 1810 g/mol. The predicted molar refractivity (Wildman–Crippen MR) is 571 cm³/mol. The maximum Gasteiger partial charge on any atom is 0.268 e. The topological polar surface area (TPSA) is 127 Å². The summed E-state index contributed by atoms with van der Waals surface area (Å²) in [6.07, 6.45) is 0. The van der Waals surface area contributed by atoms with Crippen molar-refractivity contribution in [1.29, 1.82) is 0 Å². The van der Waals surface area contributed by atoms with E-state index in [9.17, 15) is 28.8 Å². The van der Waals surface area contributed by atoms with Crippen LogP contribution in [0.25, 0.3) is 160 Å². The van der Waals surface area contributed by atoms with E-state index in [1.165, 1.54) is 64.8 Å². The van der Waals surface area contributed by atoms with Gasteiger partial charge in [0.25, 0.3) is 35.4 Å². The summed E-state index contributed by atoms with van der Waals surface area (Å²) in [5, 5.41) is 6.55. The normalized spacial score (nSPS) is 12.8. The summed E-state index contributed by atoms with van der Waals surface area (Å²) in [7, 11) is 0. The minimum Gasteiger partial charge on any atom is -0.308 e. The van der Waals surface area contributed by atoms with Gasteiger partial charge in [-0.25, -0.2) is 14.7 Å². The minimum atomic E-state index is -0.330. The number of benzene rings is 19. The third-order valence-corrected chi connectivity index (χ3v) is 27.9. The summed E-state index contributed by atoms with van der Waals surface area (Å²) in [4.78, 5) is 89.7. The Bertz CT molecular complexity index is 8890. The number of amides is 6. The quantitative estimate of drug-likeness (QED) is 0.106. The molecule has 6 amide bonds. The Labute approximate surface area is 810 Å². The van der Waals surface area contributed by atoms with Gasteiger partial charge < -0.3 is 13.7 Å². The summed E-state index contributed by atoms with van der Waals surface area (Å²) in [6.45, 7) is 17.0. The maximum atomic E-state index is 14.8. The van der Waals surface area contributed by atoms with Crippen LogP contribution in [0.2, 0.25) is 0 Å². The molecule has 0 aliphatic carbocycles. The van der Waals surface area contributed by atoms with Gasteiger partial charge in [0.05, 0.1) is 101 Å². The van der Waals surface area contributed by atoms with Gasteiger partial charge in [-0.15, -0.1) is 0 Å². The lowest BCUT2D eigenvalue weighted by atomic mass is 9.95. The van der Waals surface area contributed by atoms with Crippen LogP contribution in [0.15, 0.2) is 413 Å². The Morgan fingerprint density at radius 3 is 0.821 bits per heavy atom. The number of carbonyl (C=O) groups is 6. The van der Waals surface area contributed by atoms with E-state index in [0.717, 1.165) is 138 Å². The van der Waals surface area contributed by atoms with E-state index in [4.69, 9.17) is 0 Å². The number of para-hydroxylation sites is 5. The third kappa shape index (κ3) is 14.4. The number of anilines is 3. The van der Waals surface area contributed by atoms with Gasteiger partial charge in [-0.2, -0.15) is 0 Å². The van der Waals surface area contributed by atoms with Crippen molar-refractivity contribution in [2.45, 2.75) is 55.4 Å². The Kier molecular flexibility index (Phi) is 21.4. The van der Waals surface area contributed by atoms with Gasteiger partial charge in [-0.05, 0) is 230 Å². The Morgan fingerprint density at radius 1 is 0.164 bits per heavy atom. The summed E-state index contributed by atoms with van der Waals surface area (Å²) in [5.41, 5.74) is 36.5. The molecule has 3 aliphatic rings. The number of hydrogen-bond donors (Lipinski definition) is 0. The average Bonchev–Trinajstić information content (AvgIpc) is 1.56. The molecule has 0 atom stereocenters. The largest absolute Gasteiger partial charge is 0.308 e. The van der Waals surface area contributed by atoms with E-state index in [1.807, 2.05) is 224 Å². The molecule has 0 fully saturated rings. The number of aromatic nitrogens is 3. The van der Waals surface area contributed by atoms with Crippen molar-refractivity contribution >= 4 is 118 Å². The van der Waals surface area contributed by atoms with Gasteiger partial charge in [0.15, 0.2) is 0 Å².